The van der Waals surface area contributed by atoms with E-state index in [0.717, 1.165) is 0 Å². The van der Waals surface area contributed by atoms with E-state index in [-0.39, 0.29) is 5.24 Å². The van der Waals surface area contributed by atoms with Gasteiger partial charge in [0.1, 0.15) is 0 Å². The van der Waals surface area contributed by atoms with Crippen LogP contribution in [0.15, 0.2) is 0 Å². The van der Waals surface area contributed by atoms with Gasteiger partial charge in [0, 0.05) is 13.0 Å². The molecule has 0 saturated heterocycles. The lowest BCUT2D eigenvalue weighted by molar-refractivity contribution is -0.112. The van der Waals surface area contributed by atoms with Crippen LogP contribution in [0.25, 0.3) is 0 Å². The molecule has 60 valence electrons. The van der Waals surface area contributed by atoms with Gasteiger partial charge in [0.15, 0.2) is 8.32 Å². The first-order valence-electron chi connectivity index (χ1n) is 3.24. The quantitative estimate of drug-likeness (QED) is 0.489. The average Bonchev–Trinajstić information content (AvgIpc) is 1.59. The highest BCUT2D eigenvalue weighted by molar-refractivity contribution is 6.69. The van der Waals surface area contributed by atoms with Gasteiger partial charge in [-0.2, -0.15) is 0 Å². The molecule has 0 heterocycles. The lowest BCUT2D eigenvalue weighted by Gasteiger charge is -2.15. The molecule has 0 atom stereocenters. The van der Waals surface area contributed by atoms with Crippen LogP contribution in [-0.2, 0) is 9.22 Å². The molecular weight excluding hydrogens is 168 g/mol. The minimum absolute atomic E-state index is 0.321. The van der Waals surface area contributed by atoms with Gasteiger partial charge in [-0.1, -0.05) is 0 Å². The van der Waals surface area contributed by atoms with Crippen molar-refractivity contribution in [3.8, 4) is 0 Å². The maximum atomic E-state index is 10.2. The zero-order valence-corrected chi connectivity index (χ0v) is 8.36. The molecular formula is C6H13ClO2Si. The van der Waals surface area contributed by atoms with Crippen molar-refractivity contribution in [2.75, 3.05) is 6.61 Å². The Morgan fingerprint density at radius 2 is 2.00 bits per heavy atom. The molecule has 10 heavy (non-hydrogen) atoms. The molecule has 0 radical (unpaired) electrons. The summed E-state index contributed by atoms with van der Waals surface area (Å²) >= 11 is 5.10. The Bertz CT molecular complexity index is 119. The van der Waals surface area contributed by atoms with E-state index in [1.54, 1.807) is 0 Å². The van der Waals surface area contributed by atoms with Crippen LogP contribution in [0.2, 0.25) is 19.6 Å². The molecule has 0 aromatic rings. The smallest absolute Gasteiger partial charge is 0.223 e. The van der Waals surface area contributed by atoms with Crippen molar-refractivity contribution < 1.29 is 9.22 Å². The summed E-state index contributed by atoms with van der Waals surface area (Å²) in [4.78, 5) is 10.2. The summed E-state index contributed by atoms with van der Waals surface area (Å²) in [6.45, 7) is 6.70. The molecule has 0 aliphatic carbocycles. The Morgan fingerprint density at radius 3 is 2.30 bits per heavy atom. The first-order valence-corrected chi connectivity index (χ1v) is 7.03. The number of rotatable bonds is 4. The highest BCUT2D eigenvalue weighted by atomic mass is 35.5. The molecule has 0 N–H and O–H groups in total. The summed E-state index contributed by atoms with van der Waals surface area (Å²) in [7, 11) is -1.43. The van der Waals surface area contributed by atoms with Crippen molar-refractivity contribution in [3.63, 3.8) is 0 Å². The molecule has 2 nitrogen and oxygen atoms in total. The zero-order valence-electron chi connectivity index (χ0n) is 6.61. The van der Waals surface area contributed by atoms with E-state index in [1.807, 2.05) is 0 Å². The Hall–Kier alpha value is 0.137. The molecule has 0 aliphatic rings. The second kappa shape index (κ2) is 4.11. The van der Waals surface area contributed by atoms with Gasteiger partial charge in [-0.3, -0.25) is 4.79 Å². The Kier molecular flexibility index (Phi) is 4.16. The average molecular weight is 181 g/mol. The third kappa shape index (κ3) is 8.14. The molecule has 0 rings (SSSR count). The van der Waals surface area contributed by atoms with Crippen LogP contribution < -0.4 is 0 Å². The maximum absolute atomic E-state index is 10.2. The fraction of sp³-hybridized carbons (Fsp3) is 0.833. The predicted octanol–water partition coefficient (Wildman–Crippen LogP) is 1.99. The van der Waals surface area contributed by atoms with Crippen molar-refractivity contribution >= 4 is 25.2 Å². The van der Waals surface area contributed by atoms with E-state index in [9.17, 15) is 4.79 Å². The van der Waals surface area contributed by atoms with E-state index in [0.29, 0.717) is 13.0 Å². The van der Waals surface area contributed by atoms with Crippen molar-refractivity contribution in [1.82, 2.24) is 0 Å². The Balaban J connectivity index is 3.29. The predicted molar refractivity (Wildman–Crippen MR) is 44.8 cm³/mol. The van der Waals surface area contributed by atoms with Crippen LogP contribution in [0.1, 0.15) is 6.42 Å². The molecule has 0 spiro atoms. The fourth-order valence-electron chi connectivity index (χ4n) is 0.437. The number of hydrogen-bond acceptors (Lipinski definition) is 2. The van der Waals surface area contributed by atoms with Gasteiger partial charge in [0.2, 0.25) is 5.24 Å². The van der Waals surface area contributed by atoms with Crippen LogP contribution in [-0.4, -0.2) is 20.2 Å². The van der Waals surface area contributed by atoms with Gasteiger partial charge >= 0.3 is 0 Å². The number of halogens is 1. The summed E-state index contributed by atoms with van der Waals surface area (Å²) in [6, 6.07) is 0. The Morgan fingerprint density at radius 1 is 1.50 bits per heavy atom. The molecule has 0 aliphatic heterocycles. The van der Waals surface area contributed by atoms with Crippen LogP contribution in [0.4, 0.5) is 0 Å². The van der Waals surface area contributed by atoms with E-state index < -0.39 is 8.32 Å². The highest BCUT2D eigenvalue weighted by Crippen LogP contribution is 2.03. The number of carbonyl (C=O) groups excluding carboxylic acids is 1. The minimum Gasteiger partial charge on any atom is -0.417 e. The fourth-order valence-corrected chi connectivity index (χ4v) is 1.23. The van der Waals surface area contributed by atoms with Gasteiger partial charge in [0.25, 0.3) is 0 Å². The van der Waals surface area contributed by atoms with Crippen molar-refractivity contribution in [2.24, 2.45) is 0 Å². The Labute approximate surface area is 67.6 Å². The SMILES string of the molecule is C[Si](C)(C)OCCC(=O)Cl. The van der Waals surface area contributed by atoms with Crippen molar-refractivity contribution in [2.45, 2.75) is 26.1 Å². The summed E-state index contributed by atoms with van der Waals surface area (Å²) < 4.78 is 5.37. The largest absolute Gasteiger partial charge is 0.417 e. The third-order valence-corrected chi connectivity index (χ3v) is 2.09. The molecule has 0 bridgehead atoms. The molecule has 0 fully saturated rings. The molecule has 4 heteroatoms. The first kappa shape index (κ1) is 10.1. The monoisotopic (exact) mass is 180 g/mol. The molecule has 0 aromatic carbocycles. The number of hydrogen-bond donors (Lipinski definition) is 0. The van der Waals surface area contributed by atoms with Crippen molar-refractivity contribution in [1.29, 1.82) is 0 Å². The third-order valence-electron chi connectivity index (χ3n) is 0.834. The van der Waals surface area contributed by atoms with Crippen LogP contribution in [0, 0.1) is 0 Å². The van der Waals surface area contributed by atoms with Crippen LogP contribution >= 0.6 is 11.6 Å². The van der Waals surface area contributed by atoms with Gasteiger partial charge in [-0.05, 0) is 31.2 Å². The molecule has 0 unspecified atom stereocenters. The van der Waals surface area contributed by atoms with E-state index in [4.69, 9.17) is 16.0 Å². The maximum Gasteiger partial charge on any atom is 0.223 e. The van der Waals surface area contributed by atoms with Gasteiger partial charge in [-0.15, -0.1) is 0 Å². The van der Waals surface area contributed by atoms with E-state index >= 15 is 0 Å². The number of carbonyl (C=O) groups is 1. The summed E-state index contributed by atoms with van der Waals surface area (Å²) in [5, 5.41) is -0.321. The van der Waals surface area contributed by atoms with E-state index in [1.165, 1.54) is 0 Å². The van der Waals surface area contributed by atoms with Crippen molar-refractivity contribution in [3.05, 3.63) is 0 Å². The lowest BCUT2D eigenvalue weighted by Crippen LogP contribution is -2.26. The topological polar surface area (TPSA) is 26.3 Å². The minimum atomic E-state index is -1.43. The van der Waals surface area contributed by atoms with Crippen LogP contribution in [0.3, 0.4) is 0 Å². The normalized spacial score (nSPS) is 11.6. The first-order chi connectivity index (χ1) is 4.42. The standard InChI is InChI=1S/C6H13ClO2Si/c1-10(2,3)9-5-4-6(7)8/h4-5H2,1-3H3. The summed E-state index contributed by atoms with van der Waals surface area (Å²) in [5.41, 5.74) is 0. The second-order valence-electron chi connectivity index (χ2n) is 3.07. The highest BCUT2D eigenvalue weighted by Gasteiger charge is 2.13. The van der Waals surface area contributed by atoms with Gasteiger partial charge in [0.05, 0.1) is 0 Å². The zero-order chi connectivity index (χ0) is 8.20. The lowest BCUT2D eigenvalue weighted by atomic mass is 10.5. The van der Waals surface area contributed by atoms with Gasteiger partial charge < -0.3 is 4.43 Å². The summed E-state index contributed by atoms with van der Waals surface area (Å²) in [5.74, 6) is 0. The second-order valence-corrected chi connectivity index (χ2v) is 8.00. The molecule has 0 amide bonds. The molecule has 0 aromatic heterocycles. The van der Waals surface area contributed by atoms with Gasteiger partial charge in [-0.25, -0.2) is 0 Å². The van der Waals surface area contributed by atoms with Crippen LogP contribution in [0.5, 0.6) is 0 Å². The van der Waals surface area contributed by atoms with E-state index in [2.05, 4.69) is 19.6 Å². The summed E-state index contributed by atoms with van der Waals surface area (Å²) in [6.07, 6.45) is 0.325. The molecule has 0 saturated carbocycles.